The number of nitrogens with two attached hydrogens (primary N) is 1. The Morgan fingerprint density at radius 3 is 2.17 bits per heavy atom. The summed E-state index contributed by atoms with van der Waals surface area (Å²) in [5.41, 5.74) is 5.94. The van der Waals surface area contributed by atoms with Crippen LogP contribution in [0.5, 0.6) is 0 Å². The first-order valence-corrected chi connectivity index (χ1v) is 13.7. The largest absolute Gasteiger partial charge is 0.333 e. The van der Waals surface area contributed by atoms with Crippen LogP contribution >= 0.6 is 0 Å². The van der Waals surface area contributed by atoms with E-state index in [1.165, 1.54) is 45.6 Å². The summed E-state index contributed by atoms with van der Waals surface area (Å²) in [5.74, 6) is 5.41. The Labute approximate surface area is 184 Å². The molecule has 0 spiro atoms. The number of hydrogen-bond donors (Lipinski definition) is 1. The van der Waals surface area contributed by atoms with E-state index in [4.69, 9.17) is 0 Å². The standard InChI is InChI=1S/C25H44.C2H6.CH5N/c1-4-5-6-7-10-20-13-15-22-21-14-12-19-11-8-9-17-24(19,2)23(21)16-18-25(20,22)3;2*1-2/h19-23H,4-18H2,1-3H3;1-2H3;2H2,1H3. The van der Waals surface area contributed by atoms with Crippen molar-refractivity contribution in [2.75, 3.05) is 7.05 Å². The molecule has 0 heterocycles. The highest BCUT2D eigenvalue weighted by molar-refractivity contribution is 5.08. The van der Waals surface area contributed by atoms with Crippen molar-refractivity contribution in [1.29, 1.82) is 0 Å². The van der Waals surface area contributed by atoms with E-state index in [0.29, 0.717) is 5.41 Å². The van der Waals surface area contributed by atoms with Gasteiger partial charge in [0.2, 0.25) is 0 Å². The van der Waals surface area contributed by atoms with Crippen LogP contribution < -0.4 is 5.73 Å². The zero-order chi connectivity index (χ0) is 21.5. The summed E-state index contributed by atoms with van der Waals surface area (Å²) >= 11 is 0. The predicted molar refractivity (Wildman–Crippen MR) is 130 cm³/mol. The van der Waals surface area contributed by atoms with Crippen molar-refractivity contribution in [1.82, 2.24) is 0 Å². The van der Waals surface area contributed by atoms with E-state index in [-0.39, 0.29) is 0 Å². The molecule has 29 heavy (non-hydrogen) atoms. The minimum atomic E-state index is 0.714. The van der Waals surface area contributed by atoms with Crippen LogP contribution in [0, 0.1) is 40.4 Å². The highest BCUT2D eigenvalue weighted by Gasteiger charge is 2.59. The van der Waals surface area contributed by atoms with Crippen molar-refractivity contribution < 1.29 is 0 Å². The first-order valence-electron chi connectivity index (χ1n) is 13.7. The maximum absolute atomic E-state index is 4.50. The van der Waals surface area contributed by atoms with Gasteiger partial charge in [0.1, 0.15) is 0 Å². The fourth-order valence-corrected chi connectivity index (χ4v) is 8.70. The van der Waals surface area contributed by atoms with Crippen LogP contribution in [0.25, 0.3) is 0 Å². The van der Waals surface area contributed by atoms with E-state index < -0.39 is 0 Å². The SMILES string of the molecule is CC.CCCCCCC1CCC2C3CCC4CCCCC4(C)C3CCC12C.CN. The second-order valence-corrected chi connectivity index (χ2v) is 11.1. The molecule has 2 N–H and O–H groups in total. The Kier molecular flexibility index (Phi) is 10.0. The molecule has 4 fully saturated rings. The average Bonchev–Trinajstić information content (AvgIpc) is 3.10. The smallest absolute Gasteiger partial charge is 0.0195 e. The predicted octanol–water partition coefficient (Wildman–Crippen LogP) is 8.61. The van der Waals surface area contributed by atoms with Crippen molar-refractivity contribution >= 4 is 0 Å². The van der Waals surface area contributed by atoms with Crippen LogP contribution in [0.4, 0.5) is 0 Å². The van der Waals surface area contributed by atoms with Gasteiger partial charge in [-0.3, -0.25) is 0 Å². The quantitative estimate of drug-likeness (QED) is 0.455. The summed E-state index contributed by atoms with van der Waals surface area (Å²) in [6.07, 6.45) is 23.0. The van der Waals surface area contributed by atoms with E-state index in [0.717, 1.165) is 35.0 Å². The molecular formula is C28H55N. The van der Waals surface area contributed by atoms with Gasteiger partial charge >= 0.3 is 0 Å². The molecule has 172 valence electrons. The monoisotopic (exact) mass is 405 g/mol. The number of unbranched alkanes of at least 4 members (excludes halogenated alkanes) is 3. The molecule has 0 bridgehead atoms. The summed E-state index contributed by atoms with van der Waals surface area (Å²) in [6, 6.07) is 0. The molecule has 0 aromatic carbocycles. The molecule has 4 aliphatic carbocycles. The second-order valence-electron chi connectivity index (χ2n) is 11.1. The molecule has 0 aromatic rings. The number of rotatable bonds is 5. The Morgan fingerprint density at radius 1 is 0.724 bits per heavy atom. The van der Waals surface area contributed by atoms with Gasteiger partial charge in [0, 0.05) is 0 Å². The van der Waals surface area contributed by atoms with Gasteiger partial charge in [0.15, 0.2) is 0 Å². The van der Waals surface area contributed by atoms with Crippen molar-refractivity contribution in [3.63, 3.8) is 0 Å². The first kappa shape index (κ1) is 25.2. The zero-order valence-corrected chi connectivity index (χ0v) is 21.1. The lowest BCUT2D eigenvalue weighted by Crippen LogP contribution is -2.52. The lowest BCUT2D eigenvalue weighted by atomic mass is 9.45. The molecule has 4 saturated carbocycles. The normalized spacial score (nSPS) is 42.9. The molecule has 0 amide bonds. The van der Waals surface area contributed by atoms with Crippen LogP contribution in [0.2, 0.25) is 0 Å². The molecule has 0 saturated heterocycles. The van der Waals surface area contributed by atoms with Gasteiger partial charge < -0.3 is 5.73 Å². The summed E-state index contributed by atoms with van der Waals surface area (Å²) < 4.78 is 0. The highest BCUT2D eigenvalue weighted by Crippen LogP contribution is 2.67. The Morgan fingerprint density at radius 2 is 1.45 bits per heavy atom. The maximum atomic E-state index is 4.50. The molecule has 7 unspecified atom stereocenters. The third-order valence-corrected chi connectivity index (χ3v) is 10.2. The number of fused-ring (bicyclic) bond motifs is 5. The summed E-state index contributed by atoms with van der Waals surface area (Å²) in [4.78, 5) is 0. The summed E-state index contributed by atoms with van der Waals surface area (Å²) in [7, 11) is 1.50. The third-order valence-electron chi connectivity index (χ3n) is 10.2. The Hall–Kier alpha value is -0.0400. The highest BCUT2D eigenvalue weighted by atomic mass is 14.6. The molecule has 0 aromatic heterocycles. The van der Waals surface area contributed by atoms with Crippen LogP contribution in [0.15, 0.2) is 0 Å². The van der Waals surface area contributed by atoms with E-state index >= 15 is 0 Å². The van der Waals surface area contributed by atoms with Crippen molar-refractivity contribution in [2.24, 2.45) is 46.2 Å². The van der Waals surface area contributed by atoms with Crippen LogP contribution in [-0.4, -0.2) is 7.05 Å². The van der Waals surface area contributed by atoms with E-state index in [1.807, 2.05) is 13.8 Å². The van der Waals surface area contributed by atoms with Gasteiger partial charge in [-0.1, -0.05) is 73.1 Å². The van der Waals surface area contributed by atoms with Crippen molar-refractivity contribution in [2.45, 2.75) is 131 Å². The van der Waals surface area contributed by atoms with Gasteiger partial charge in [0.25, 0.3) is 0 Å². The molecule has 7 atom stereocenters. The Balaban J connectivity index is 0.000000707. The van der Waals surface area contributed by atoms with Crippen molar-refractivity contribution in [3.8, 4) is 0 Å². The lowest BCUT2D eigenvalue weighted by Gasteiger charge is -2.60. The fraction of sp³-hybridized carbons (Fsp3) is 1.00. The maximum Gasteiger partial charge on any atom is -0.0195 e. The molecule has 1 heteroatoms. The minimum Gasteiger partial charge on any atom is -0.333 e. The third kappa shape index (κ3) is 4.91. The summed E-state index contributed by atoms with van der Waals surface area (Å²) in [5, 5.41) is 0. The molecule has 0 radical (unpaired) electrons. The second kappa shape index (κ2) is 11.5. The van der Waals surface area contributed by atoms with Crippen molar-refractivity contribution in [3.05, 3.63) is 0 Å². The lowest BCUT2D eigenvalue weighted by molar-refractivity contribution is -0.111. The van der Waals surface area contributed by atoms with Crippen LogP contribution in [0.1, 0.15) is 131 Å². The molecular weight excluding hydrogens is 350 g/mol. The first-order chi connectivity index (χ1) is 14.1. The fourth-order valence-electron chi connectivity index (χ4n) is 8.70. The molecule has 4 rings (SSSR count). The van der Waals surface area contributed by atoms with Gasteiger partial charge in [-0.15, -0.1) is 0 Å². The van der Waals surface area contributed by atoms with Crippen LogP contribution in [-0.2, 0) is 0 Å². The minimum absolute atomic E-state index is 0.714. The molecule has 0 aliphatic heterocycles. The van der Waals surface area contributed by atoms with Crippen LogP contribution in [0.3, 0.4) is 0 Å². The average molecular weight is 406 g/mol. The van der Waals surface area contributed by atoms with Gasteiger partial charge in [-0.25, -0.2) is 0 Å². The number of hydrogen-bond acceptors (Lipinski definition) is 1. The van der Waals surface area contributed by atoms with E-state index in [1.54, 1.807) is 57.8 Å². The van der Waals surface area contributed by atoms with Gasteiger partial charge in [0.05, 0.1) is 0 Å². The zero-order valence-electron chi connectivity index (χ0n) is 21.1. The molecule has 1 nitrogen and oxygen atoms in total. The van der Waals surface area contributed by atoms with Gasteiger partial charge in [-0.05, 0) is 105 Å². The Bertz CT molecular complexity index is 459. The molecule has 4 aliphatic rings. The van der Waals surface area contributed by atoms with E-state index in [9.17, 15) is 0 Å². The van der Waals surface area contributed by atoms with Gasteiger partial charge in [-0.2, -0.15) is 0 Å². The topological polar surface area (TPSA) is 26.0 Å². The van der Waals surface area contributed by atoms with E-state index in [2.05, 4.69) is 26.5 Å². The summed E-state index contributed by atoms with van der Waals surface area (Å²) in [6.45, 7) is 11.8.